The third kappa shape index (κ3) is 2.53. The second-order valence-corrected chi connectivity index (χ2v) is 4.62. The Morgan fingerprint density at radius 1 is 0.944 bits per heavy atom. The molecule has 0 bridgehead atoms. The lowest BCUT2D eigenvalue weighted by Gasteiger charge is -2.13. The number of rotatable bonds is 3. The van der Waals surface area contributed by atoms with Crippen molar-refractivity contribution in [3.8, 4) is 0 Å². The van der Waals surface area contributed by atoms with Gasteiger partial charge >= 0.3 is 0 Å². The molecule has 0 heterocycles. The number of hydrogen-bond donors (Lipinski definition) is 1. The van der Waals surface area contributed by atoms with Crippen LogP contribution in [-0.2, 0) is 6.54 Å². The number of halogens is 1. The minimum absolute atomic E-state index is 0.166. The normalized spacial score (nSPS) is 10.4. The van der Waals surface area contributed by atoms with Gasteiger partial charge in [0.2, 0.25) is 0 Å². The van der Waals surface area contributed by atoms with Gasteiger partial charge in [-0.05, 0) is 49.6 Å². The van der Waals surface area contributed by atoms with Gasteiger partial charge < -0.3 is 5.32 Å². The fourth-order valence-electron chi connectivity index (χ4n) is 1.99. The number of hydrogen-bond acceptors (Lipinski definition) is 1. The average molecular weight is 243 g/mol. The third-order valence-corrected chi connectivity index (χ3v) is 3.45. The molecule has 1 nitrogen and oxygen atoms in total. The highest BCUT2D eigenvalue weighted by molar-refractivity contribution is 5.51. The van der Waals surface area contributed by atoms with Gasteiger partial charge in [-0.1, -0.05) is 24.3 Å². The first-order valence-corrected chi connectivity index (χ1v) is 6.13. The summed E-state index contributed by atoms with van der Waals surface area (Å²) in [5, 5.41) is 3.30. The van der Waals surface area contributed by atoms with E-state index in [-0.39, 0.29) is 5.82 Å². The second-order valence-electron chi connectivity index (χ2n) is 4.62. The molecule has 0 atom stereocenters. The van der Waals surface area contributed by atoms with Crippen molar-refractivity contribution in [2.45, 2.75) is 27.3 Å². The van der Waals surface area contributed by atoms with Crippen LogP contribution in [0, 0.1) is 26.6 Å². The van der Waals surface area contributed by atoms with Crippen molar-refractivity contribution < 1.29 is 4.39 Å². The van der Waals surface area contributed by atoms with Crippen molar-refractivity contribution in [1.82, 2.24) is 0 Å². The van der Waals surface area contributed by atoms with Gasteiger partial charge in [0.1, 0.15) is 5.82 Å². The molecule has 2 aromatic carbocycles. The van der Waals surface area contributed by atoms with Gasteiger partial charge in [0.15, 0.2) is 0 Å². The fraction of sp³-hybridized carbons (Fsp3) is 0.250. The maximum Gasteiger partial charge on any atom is 0.128 e. The highest BCUT2D eigenvalue weighted by Crippen LogP contribution is 2.19. The lowest BCUT2D eigenvalue weighted by molar-refractivity contribution is 0.619. The zero-order valence-electron chi connectivity index (χ0n) is 11.0. The van der Waals surface area contributed by atoms with Gasteiger partial charge in [-0.3, -0.25) is 0 Å². The molecule has 18 heavy (non-hydrogen) atoms. The largest absolute Gasteiger partial charge is 0.381 e. The molecule has 2 heteroatoms. The van der Waals surface area contributed by atoms with Gasteiger partial charge in [-0.15, -0.1) is 0 Å². The topological polar surface area (TPSA) is 12.0 Å². The van der Waals surface area contributed by atoms with E-state index in [1.165, 1.54) is 22.8 Å². The molecular formula is C16H18FN. The van der Waals surface area contributed by atoms with Gasteiger partial charge in [-0.2, -0.15) is 0 Å². The summed E-state index contributed by atoms with van der Waals surface area (Å²) in [4.78, 5) is 0. The molecule has 0 saturated carbocycles. The summed E-state index contributed by atoms with van der Waals surface area (Å²) >= 11 is 0. The van der Waals surface area contributed by atoms with E-state index >= 15 is 0 Å². The fourth-order valence-corrected chi connectivity index (χ4v) is 1.99. The Balaban J connectivity index is 2.17. The number of nitrogens with one attached hydrogen (secondary N) is 1. The Morgan fingerprint density at radius 3 is 2.44 bits per heavy atom. The van der Waals surface area contributed by atoms with Crippen LogP contribution < -0.4 is 5.32 Å². The number of aryl methyl sites for hydroxylation is 1. The minimum Gasteiger partial charge on any atom is -0.381 e. The number of anilines is 1. The van der Waals surface area contributed by atoms with Crippen LogP contribution in [0.5, 0.6) is 0 Å². The van der Waals surface area contributed by atoms with E-state index in [2.05, 4.69) is 37.4 Å². The van der Waals surface area contributed by atoms with Crippen molar-refractivity contribution in [2.24, 2.45) is 0 Å². The summed E-state index contributed by atoms with van der Waals surface area (Å²) < 4.78 is 13.4. The standard InChI is InChI=1S/C16H18FN/c1-11-6-4-7-14(12(11)2)10-18-16-9-5-8-15(17)13(16)3/h4-9,18H,10H2,1-3H3. The van der Waals surface area contributed by atoms with Crippen LogP contribution in [0.1, 0.15) is 22.3 Å². The molecule has 0 aliphatic heterocycles. The van der Waals surface area contributed by atoms with E-state index in [1.54, 1.807) is 13.0 Å². The summed E-state index contributed by atoms with van der Waals surface area (Å²) in [5.74, 6) is -0.166. The second kappa shape index (κ2) is 5.21. The highest BCUT2D eigenvalue weighted by atomic mass is 19.1. The molecule has 0 amide bonds. The zero-order chi connectivity index (χ0) is 13.1. The predicted octanol–water partition coefficient (Wildman–Crippen LogP) is 4.36. The molecule has 0 spiro atoms. The van der Waals surface area contributed by atoms with Gasteiger partial charge in [0, 0.05) is 17.8 Å². The summed E-state index contributed by atoms with van der Waals surface area (Å²) in [6, 6.07) is 11.4. The van der Waals surface area contributed by atoms with E-state index < -0.39 is 0 Å². The molecule has 94 valence electrons. The van der Waals surface area contributed by atoms with Crippen molar-refractivity contribution in [1.29, 1.82) is 0 Å². The van der Waals surface area contributed by atoms with Crippen LogP contribution in [0.3, 0.4) is 0 Å². The Bertz CT molecular complexity index is 510. The molecule has 0 aliphatic rings. The zero-order valence-corrected chi connectivity index (χ0v) is 11.0. The van der Waals surface area contributed by atoms with Crippen LogP contribution in [0.4, 0.5) is 10.1 Å². The lowest BCUT2D eigenvalue weighted by atomic mass is 10.0. The first-order chi connectivity index (χ1) is 8.59. The van der Waals surface area contributed by atoms with Gasteiger partial charge in [0.25, 0.3) is 0 Å². The van der Waals surface area contributed by atoms with Crippen molar-refractivity contribution >= 4 is 5.69 Å². The molecule has 1 N–H and O–H groups in total. The van der Waals surface area contributed by atoms with E-state index in [0.717, 1.165) is 12.2 Å². The molecule has 0 radical (unpaired) electrons. The minimum atomic E-state index is -0.166. The summed E-state index contributed by atoms with van der Waals surface area (Å²) in [7, 11) is 0. The average Bonchev–Trinajstić information content (AvgIpc) is 2.36. The molecule has 2 rings (SSSR count). The van der Waals surface area contributed by atoms with Crippen molar-refractivity contribution in [3.05, 3.63) is 64.5 Å². The maximum atomic E-state index is 13.4. The SMILES string of the molecule is Cc1cccc(CNc2cccc(F)c2C)c1C. The molecule has 0 aromatic heterocycles. The van der Waals surface area contributed by atoms with Crippen LogP contribution in [0.15, 0.2) is 36.4 Å². The Hall–Kier alpha value is -1.83. The van der Waals surface area contributed by atoms with Gasteiger partial charge in [-0.25, -0.2) is 4.39 Å². The van der Waals surface area contributed by atoms with Crippen LogP contribution in [-0.4, -0.2) is 0 Å². The lowest BCUT2D eigenvalue weighted by Crippen LogP contribution is -2.04. The van der Waals surface area contributed by atoms with Crippen molar-refractivity contribution in [3.63, 3.8) is 0 Å². The van der Waals surface area contributed by atoms with Crippen molar-refractivity contribution in [2.75, 3.05) is 5.32 Å². The van der Waals surface area contributed by atoms with E-state index in [4.69, 9.17) is 0 Å². The smallest absolute Gasteiger partial charge is 0.128 e. The van der Waals surface area contributed by atoms with E-state index in [0.29, 0.717) is 5.56 Å². The predicted molar refractivity (Wildman–Crippen MR) is 74.4 cm³/mol. The quantitative estimate of drug-likeness (QED) is 0.844. The first-order valence-electron chi connectivity index (χ1n) is 6.13. The molecule has 0 fully saturated rings. The molecule has 0 unspecified atom stereocenters. The monoisotopic (exact) mass is 243 g/mol. The third-order valence-electron chi connectivity index (χ3n) is 3.45. The highest BCUT2D eigenvalue weighted by Gasteiger charge is 2.04. The first kappa shape index (κ1) is 12.6. The summed E-state index contributed by atoms with van der Waals surface area (Å²) in [6.45, 7) is 6.73. The van der Waals surface area contributed by atoms with Crippen LogP contribution >= 0.6 is 0 Å². The Kier molecular flexibility index (Phi) is 3.66. The summed E-state index contributed by atoms with van der Waals surface area (Å²) in [6.07, 6.45) is 0. The van der Waals surface area contributed by atoms with Crippen LogP contribution in [0.25, 0.3) is 0 Å². The molecule has 0 saturated heterocycles. The molecule has 0 aliphatic carbocycles. The molecule has 2 aromatic rings. The van der Waals surface area contributed by atoms with Gasteiger partial charge in [0.05, 0.1) is 0 Å². The van der Waals surface area contributed by atoms with E-state index in [9.17, 15) is 4.39 Å². The number of benzene rings is 2. The van der Waals surface area contributed by atoms with Crippen LogP contribution in [0.2, 0.25) is 0 Å². The Labute approximate surface area is 108 Å². The van der Waals surface area contributed by atoms with E-state index in [1.807, 2.05) is 6.07 Å². The Morgan fingerprint density at radius 2 is 1.67 bits per heavy atom. The molecular weight excluding hydrogens is 225 g/mol. The maximum absolute atomic E-state index is 13.4. The summed E-state index contributed by atoms with van der Waals surface area (Å²) in [5.41, 5.74) is 5.35.